The van der Waals surface area contributed by atoms with E-state index in [9.17, 15) is 4.79 Å². The van der Waals surface area contributed by atoms with E-state index in [0.29, 0.717) is 34.7 Å². The Bertz CT molecular complexity index is 1300. The predicted octanol–water partition coefficient (Wildman–Crippen LogP) is 4.17. The number of aromatic nitrogens is 1. The molecule has 3 aromatic rings. The lowest BCUT2D eigenvalue weighted by Crippen LogP contribution is -2.41. The van der Waals surface area contributed by atoms with Gasteiger partial charge in [-0.15, -0.1) is 0 Å². The Labute approximate surface area is 220 Å². The monoisotopic (exact) mass is 520 g/mol. The Balaban J connectivity index is 1.58. The highest BCUT2D eigenvalue weighted by Gasteiger charge is 2.33. The predicted molar refractivity (Wildman–Crippen MR) is 144 cm³/mol. The van der Waals surface area contributed by atoms with Crippen molar-refractivity contribution in [3.63, 3.8) is 0 Å². The van der Waals surface area contributed by atoms with Gasteiger partial charge in [0.2, 0.25) is 0 Å². The van der Waals surface area contributed by atoms with Crippen LogP contribution >= 0.6 is 12.2 Å². The van der Waals surface area contributed by atoms with E-state index in [2.05, 4.69) is 21.2 Å². The van der Waals surface area contributed by atoms with E-state index in [1.54, 1.807) is 44.6 Å². The van der Waals surface area contributed by atoms with Gasteiger partial charge in [0, 0.05) is 23.5 Å². The van der Waals surface area contributed by atoms with Crippen molar-refractivity contribution >= 4 is 34.7 Å². The molecular formula is C27H28N4O5S. The van der Waals surface area contributed by atoms with Crippen LogP contribution in [0.2, 0.25) is 0 Å². The second-order valence-electron chi connectivity index (χ2n) is 8.16. The zero-order valence-electron chi connectivity index (χ0n) is 20.7. The molecule has 0 bridgehead atoms. The van der Waals surface area contributed by atoms with Crippen LogP contribution < -0.4 is 30.4 Å². The summed E-state index contributed by atoms with van der Waals surface area (Å²) in [5, 5.41) is 3.45. The summed E-state index contributed by atoms with van der Waals surface area (Å²) >= 11 is 5.50. The van der Waals surface area contributed by atoms with Gasteiger partial charge in [-0.1, -0.05) is 18.2 Å². The number of carbonyl (C=O) groups is 1. The van der Waals surface area contributed by atoms with Crippen molar-refractivity contribution in [2.45, 2.75) is 19.4 Å². The molecule has 0 saturated heterocycles. The summed E-state index contributed by atoms with van der Waals surface area (Å²) in [5.41, 5.74) is 8.42. The number of methoxy groups -OCH3 is 1. The molecule has 0 saturated carbocycles. The molecule has 0 amide bonds. The molecule has 2 aromatic carbocycles. The number of nitrogens with one attached hydrogen (secondary N) is 3. The van der Waals surface area contributed by atoms with E-state index in [-0.39, 0.29) is 6.61 Å². The van der Waals surface area contributed by atoms with E-state index >= 15 is 0 Å². The first-order valence-corrected chi connectivity index (χ1v) is 12.0. The molecule has 4 rings (SSSR count). The van der Waals surface area contributed by atoms with Gasteiger partial charge < -0.3 is 24.3 Å². The molecule has 37 heavy (non-hydrogen) atoms. The molecule has 0 aliphatic carbocycles. The third-order valence-electron chi connectivity index (χ3n) is 5.55. The Morgan fingerprint density at radius 3 is 2.76 bits per heavy atom. The van der Waals surface area contributed by atoms with E-state index in [4.69, 9.17) is 31.2 Å². The van der Waals surface area contributed by atoms with Crippen molar-refractivity contribution in [3.05, 3.63) is 84.2 Å². The number of fused-ring (bicyclic) bond motifs is 1. The average Bonchev–Trinajstić information content (AvgIpc) is 2.91. The Morgan fingerprint density at radius 1 is 1.16 bits per heavy atom. The summed E-state index contributed by atoms with van der Waals surface area (Å²) in [6.07, 6.45) is 5.40. The number of nitrogens with zero attached hydrogens (tertiary/aromatic N) is 1. The average molecular weight is 521 g/mol. The van der Waals surface area contributed by atoms with Crippen molar-refractivity contribution in [2.24, 2.45) is 0 Å². The number of anilines is 1. The minimum absolute atomic E-state index is 0.196. The van der Waals surface area contributed by atoms with Crippen LogP contribution in [-0.4, -0.2) is 36.4 Å². The van der Waals surface area contributed by atoms with Crippen molar-refractivity contribution < 1.29 is 23.7 Å². The normalized spacial score (nSPS) is 15.8. The number of carbonyl (C=O) groups excluding carboxylic acids is 1. The molecule has 1 aromatic heterocycles. The number of ether oxygens (including phenoxy) is 4. The largest absolute Gasteiger partial charge is 0.495 e. The quantitative estimate of drug-likeness (QED) is 0.216. The third-order valence-corrected chi connectivity index (χ3v) is 5.75. The maximum Gasteiger partial charge on any atom is 0.344 e. The van der Waals surface area contributed by atoms with Gasteiger partial charge in [0.25, 0.3) is 0 Å². The first kappa shape index (κ1) is 25.8. The zero-order valence-corrected chi connectivity index (χ0v) is 21.6. The van der Waals surface area contributed by atoms with Gasteiger partial charge in [0.1, 0.15) is 17.2 Å². The van der Waals surface area contributed by atoms with Crippen LogP contribution in [0.25, 0.3) is 5.70 Å². The van der Waals surface area contributed by atoms with Crippen LogP contribution in [0.15, 0.2) is 73.1 Å². The zero-order chi connectivity index (χ0) is 26.3. The first-order chi connectivity index (χ1) is 17.9. The van der Waals surface area contributed by atoms with Crippen LogP contribution in [0, 0.1) is 0 Å². The van der Waals surface area contributed by atoms with Crippen LogP contribution in [-0.2, 0) is 15.1 Å². The second-order valence-corrected chi connectivity index (χ2v) is 8.57. The van der Waals surface area contributed by atoms with E-state index in [1.807, 2.05) is 49.4 Å². The second kappa shape index (κ2) is 11.6. The van der Waals surface area contributed by atoms with Gasteiger partial charge in [-0.3, -0.25) is 15.8 Å². The summed E-state index contributed by atoms with van der Waals surface area (Å²) in [7, 11) is 1.60. The van der Waals surface area contributed by atoms with Crippen LogP contribution in [0.3, 0.4) is 0 Å². The maximum absolute atomic E-state index is 11.7. The SMILES string of the molecule is CCOC(=O)COc1ccc2c(c1)C(NNC(=S)Nc1ccccc1OC)=CC(C)(c1cccnc1)O2. The fourth-order valence-electron chi connectivity index (χ4n) is 3.78. The number of para-hydroxylation sites is 2. The van der Waals surface area contributed by atoms with Crippen LogP contribution in [0.4, 0.5) is 5.69 Å². The number of hydrogen-bond donors (Lipinski definition) is 3. The topological polar surface area (TPSA) is 103 Å². The van der Waals surface area contributed by atoms with Gasteiger partial charge in [-0.25, -0.2) is 4.79 Å². The number of thiocarbonyl (C=S) groups is 1. The van der Waals surface area contributed by atoms with Gasteiger partial charge >= 0.3 is 5.97 Å². The molecule has 2 heterocycles. The summed E-state index contributed by atoms with van der Waals surface area (Å²) in [6.45, 7) is 3.79. The molecule has 10 heteroatoms. The Kier molecular flexibility index (Phi) is 8.09. The lowest BCUT2D eigenvalue weighted by atomic mass is 9.91. The van der Waals surface area contributed by atoms with Crippen LogP contribution in [0.1, 0.15) is 25.0 Å². The first-order valence-electron chi connectivity index (χ1n) is 11.6. The minimum Gasteiger partial charge on any atom is -0.495 e. The smallest absolute Gasteiger partial charge is 0.344 e. The summed E-state index contributed by atoms with van der Waals surface area (Å²) < 4.78 is 22.4. The van der Waals surface area contributed by atoms with Crippen molar-refractivity contribution in [3.8, 4) is 17.2 Å². The molecule has 3 N–H and O–H groups in total. The summed E-state index contributed by atoms with van der Waals surface area (Å²) in [6, 6.07) is 16.6. The molecule has 0 radical (unpaired) electrons. The summed E-state index contributed by atoms with van der Waals surface area (Å²) in [5.74, 6) is 1.33. The molecule has 9 nitrogen and oxygen atoms in total. The molecule has 0 fully saturated rings. The Morgan fingerprint density at radius 2 is 2.00 bits per heavy atom. The van der Waals surface area contributed by atoms with E-state index in [1.165, 1.54) is 0 Å². The highest BCUT2D eigenvalue weighted by Crippen LogP contribution is 2.41. The van der Waals surface area contributed by atoms with Gasteiger partial charge in [-0.2, -0.15) is 0 Å². The number of esters is 1. The molecule has 1 atom stereocenters. The molecule has 1 unspecified atom stereocenters. The van der Waals surface area contributed by atoms with E-state index < -0.39 is 11.6 Å². The lowest BCUT2D eigenvalue weighted by molar-refractivity contribution is -0.145. The number of rotatable bonds is 9. The number of pyridine rings is 1. The number of benzene rings is 2. The number of hydrogen-bond acceptors (Lipinski definition) is 8. The molecule has 1 aliphatic rings. The highest BCUT2D eigenvalue weighted by atomic mass is 32.1. The lowest BCUT2D eigenvalue weighted by Gasteiger charge is -2.34. The van der Waals surface area contributed by atoms with Gasteiger partial charge in [0.05, 0.1) is 25.1 Å². The fraction of sp³-hybridized carbons (Fsp3) is 0.222. The highest BCUT2D eigenvalue weighted by molar-refractivity contribution is 7.80. The van der Waals surface area contributed by atoms with Gasteiger partial charge in [0.15, 0.2) is 17.3 Å². The third kappa shape index (κ3) is 6.28. The van der Waals surface area contributed by atoms with Crippen molar-refractivity contribution in [1.29, 1.82) is 0 Å². The maximum atomic E-state index is 11.7. The standard InChI is InChI=1S/C27H28N4O5S/c1-4-34-25(32)17-35-19-11-12-23-20(14-19)22(15-27(2,36-23)18-8-7-13-28-16-18)30-31-26(37)29-21-9-5-6-10-24(21)33-3/h5-16,30H,4,17H2,1-3H3,(H2,29,31,37). The fourth-order valence-corrected chi connectivity index (χ4v) is 3.94. The number of hydrazine groups is 1. The molecule has 192 valence electrons. The molecule has 0 spiro atoms. The molecule has 1 aliphatic heterocycles. The molecular weight excluding hydrogens is 492 g/mol. The Hall–Kier alpha value is -4.31. The van der Waals surface area contributed by atoms with Crippen LogP contribution in [0.5, 0.6) is 17.2 Å². The van der Waals surface area contributed by atoms with E-state index in [0.717, 1.165) is 16.8 Å². The minimum atomic E-state index is -0.809. The van der Waals surface area contributed by atoms with Gasteiger partial charge in [-0.05, 0) is 68.5 Å². The van der Waals surface area contributed by atoms with Crippen molar-refractivity contribution in [1.82, 2.24) is 15.8 Å². The van der Waals surface area contributed by atoms with Crippen molar-refractivity contribution in [2.75, 3.05) is 25.6 Å². The summed E-state index contributed by atoms with van der Waals surface area (Å²) in [4.78, 5) is 16.0.